The molecule has 1 saturated heterocycles. The van der Waals surface area contributed by atoms with Crippen LogP contribution in [0.5, 0.6) is 0 Å². The van der Waals surface area contributed by atoms with Gasteiger partial charge < -0.3 is 15.3 Å². The predicted octanol–water partition coefficient (Wildman–Crippen LogP) is 2.78. The van der Waals surface area contributed by atoms with Crippen molar-refractivity contribution in [1.29, 1.82) is 0 Å². The Morgan fingerprint density at radius 1 is 1.15 bits per heavy atom. The maximum absolute atomic E-state index is 9.41. The Kier molecular flexibility index (Phi) is 6.31. The van der Waals surface area contributed by atoms with Gasteiger partial charge in [-0.15, -0.1) is 0 Å². The van der Waals surface area contributed by atoms with E-state index in [1.54, 1.807) is 0 Å². The maximum Gasteiger partial charge on any atom is 0.0610 e. The second-order valence-corrected chi connectivity index (χ2v) is 7.22. The molecule has 0 bridgehead atoms. The quantitative estimate of drug-likeness (QED) is 0.672. The van der Waals surface area contributed by atoms with Crippen LogP contribution in [-0.4, -0.2) is 48.3 Å². The summed E-state index contributed by atoms with van der Waals surface area (Å²) in [6, 6.07) is 0.894. The third kappa shape index (κ3) is 4.19. The minimum Gasteiger partial charge on any atom is -0.394 e. The van der Waals surface area contributed by atoms with Crippen LogP contribution >= 0.6 is 0 Å². The summed E-state index contributed by atoms with van der Waals surface area (Å²) in [5, 5.41) is 12.7. The highest BCUT2D eigenvalue weighted by atomic mass is 16.3. The van der Waals surface area contributed by atoms with Gasteiger partial charge in [-0.05, 0) is 71.5 Å². The molecular formula is C17H34N2O. The largest absolute Gasteiger partial charge is 0.394 e. The lowest BCUT2D eigenvalue weighted by Crippen LogP contribution is -2.43. The molecule has 2 rings (SSSR count). The molecule has 0 aromatic rings. The Labute approximate surface area is 125 Å². The summed E-state index contributed by atoms with van der Waals surface area (Å²) in [4.78, 5) is 2.77. The maximum atomic E-state index is 9.41. The molecule has 2 N–H and O–H groups in total. The van der Waals surface area contributed by atoms with E-state index in [0.717, 1.165) is 18.4 Å². The molecule has 1 saturated carbocycles. The van der Waals surface area contributed by atoms with E-state index in [-0.39, 0.29) is 12.1 Å². The van der Waals surface area contributed by atoms with Gasteiger partial charge >= 0.3 is 0 Å². The van der Waals surface area contributed by atoms with Gasteiger partial charge in [0.15, 0.2) is 0 Å². The number of rotatable bonds is 8. The van der Waals surface area contributed by atoms with E-state index in [9.17, 15) is 5.11 Å². The first-order valence-corrected chi connectivity index (χ1v) is 8.72. The van der Waals surface area contributed by atoms with Crippen LogP contribution in [0.4, 0.5) is 0 Å². The number of hydrogen-bond donors (Lipinski definition) is 2. The molecule has 0 radical (unpaired) electrons. The Balaban J connectivity index is 1.68. The van der Waals surface area contributed by atoms with Gasteiger partial charge in [0.2, 0.25) is 0 Å². The highest BCUT2D eigenvalue weighted by Gasteiger charge is 2.32. The van der Waals surface area contributed by atoms with Crippen LogP contribution in [0.3, 0.4) is 0 Å². The van der Waals surface area contributed by atoms with Crippen molar-refractivity contribution in [3.8, 4) is 0 Å². The van der Waals surface area contributed by atoms with Crippen LogP contribution < -0.4 is 5.32 Å². The number of hydrogen-bond acceptors (Lipinski definition) is 3. The van der Waals surface area contributed by atoms with Crippen molar-refractivity contribution in [2.75, 3.05) is 26.7 Å². The van der Waals surface area contributed by atoms with Gasteiger partial charge in [0.1, 0.15) is 0 Å². The van der Waals surface area contributed by atoms with Gasteiger partial charge in [0.05, 0.1) is 6.61 Å². The van der Waals surface area contributed by atoms with Gasteiger partial charge in [-0.1, -0.05) is 19.3 Å². The Bertz CT molecular complexity index is 272. The van der Waals surface area contributed by atoms with Gasteiger partial charge in [-0.25, -0.2) is 0 Å². The van der Waals surface area contributed by atoms with Crippen molar-refractivity contribution in [3.63, 3.8) is 0 Å². The third-order valence-corrected chi connectivity index (χ3v) is 5.73. The molecular weight excluding hydrogens is 248 g/mol. The highest BCUT2D eigenvalue weighted by molar-refractivity contribution is 4.87. The van der Waals surface area contributed by atoms with E-state index in [4.69, 9.17) is 0 Å². The van der Waals surface area contributed by atoms with Crippen LogP contribution in [0.15, 0.2) is 0 Å². The van der Waals surface area contributed by atoms with Gasteiger partial charge in [0.25, 0.3) is 0 Å². The molecule has 1 aliphatic carbocycles. The topological polar surface area (TPSA) is 35.5 Å². The van der Waals surface area contributed by atoms with Gasteiger partial charge in [-0.2, -0.15) is 0 Å². The fraction of sp³-hybridized carbons (Fsp3) is 1.00. The predicted molar refractivity (Wildman–Crippen MR) is 85.0 cm³/mol. The molecule has 3 nitrogen and oxygen atoms in total. The number of aliphatic hydroxyl groups is 1. The molecule has 0 spiro atoms. The summed E-state index contributed by atoms with van der Waals surface area (Å²) < 4.78 is 0. The Morgan fingerprint density at radius 3 is 2.55 bits per heavy atom. The first kappa shape index (κ1) is 16.3. The monoisotopic (exact) mass is 282 g/mol. The van der Waals surface area contributed by atoms with Gasteiger partial charge in [0, 0.05) is 11.6 Å². The van der Waals surface area contributed by atoms with Crippen molar-refractivity contribution >= 4 is 0 Å². The number of unbranched alkanes of at least 4 members (excludes halogenated alkanes) is 1. The minimum absolute atomic E-state index is 0.0874. The van der Waals surface area contributed by atoms with E-state index < -0.39 is 0 Å². The summed E-state index contributed by atoms with van der Waals surface area (Å²) in [5.41, 5.74) is -0.0874. The number of likely N-dealkylation sites (tertiary alicyclic amines) is 1. The zero-order valence-corrected chi connectivity index (χ0v) is 13.5. The molecule has 20 heavy (non-hydrogen) atoms. The summed E-state index contributed by atoms with van der Waals surface area (Å²) in [5.74, 6) is 0.998. The van der Waals surface area contributed by atoms with E-state index >= 15 is 0 Å². The molecule has 2 fully saturated rings. The zero-order chi connectivity index (χ0) is 14.4. The van der Waals surface area contributed by atoms with E-state index in [1.165, 1.54) is 64.5 Å². The van der Waals surface area contributed by atoms with E-state index in [1.807, 2.05) is 7.05 Å². The molecule has 0 amide bonds. The van der Waals surface area contributed by atoms with Gasteiger partial charge in [-0.3, -0.25) is 0 Å². The molecule has 2 unspecified atom stereocenters. The standard InChI is InChI=1S/C17H34N2O/c1-17(14-20,18-2)11-5-6-12-19-13-7-10-16(19)15-8-3-4-9-15/h15-16,18,20H,3-14H2,1-2H3. The summed E-state index contributed by atoms with van der Waals surface area (Å²) in [6.45, 7) is 4.94. The third-order valence-electron chi connectivity index (χ3n) is 5.73. The lowest BCUT2D eigenvalue weighted by molar-refractivity contribution is 0.161. The number of likely N-dealkylation sites (N-methyl/N-ethyl adjacent to an activating group) is 1. The van der Waals surface area contributed by atoms with Crippen molar-refractivity contribution in [3.05, 3.63) is 0 Å². The smallest absolute Gasteiger partial charge is 0.0610 e. The summed E-state index contributed by atoms with van der Waals surface area (Å²) >= 11 is 0. The second kappa shape index (κ2) is 7.77. The minimum atomic E-state index is -0.0874. The normalized spacial score (nSPS) is 28.1. The van der Waals surface area contributed by atoms with Crippen LogP contribution in [0.1, 0.15) is 64.7 Å². The van der Waals surface area contributed by atoms with Crippen molar-refractivity contribution < 1.29 is 5.11 Å². The van der Waals surface area contributed by atoms with Crippen LogP contribution in [0, 0.1) is 5.92 Å². The summed E-state index contributed by atoms with van der Waals surface area (Å²) in [6.07, 6.45) is 12.3. The van der Waals surface area contributed by atoms with Crippen LogP contribution in [-0.2, 0) is 0 Å². The molecule has 2 atom stereocenters. The molecule has 2 aliphatic rings. The molecule has 0 aromatic carbocycles. The number of aliphatic hydroxyl groups excluding tert-OH is 1. The summed E-state index contributed by atoms with van der Waals surface area (Å²) in [7, 11) is 1.95. The van der Waals surface area contributed by atoms with Crippen molar-refractivity contribution in [2.45, 2.75) is 76.3 Å². The average Bonchev–Trinajstić information content (AvgIpc) is 3.13. The van der Waals surface area contributed by atoms with Crippen LogP contribution in [0.2, 0.25) is 0 Å². The Hall–Kier alpha value is -0.120. The van der Waals surface area contributed by atoms with Crippen LogP contribution in [0.25, 0.3) is 0 Å². The number of nitrogens with zero attached hydrogens (tertiary/aromatic N) is 1. The first-order valence-electron chi connectivity index (χ1n) is 8.72. The molecule has 118 valence electrons. The second-order valence-electron chi connectivity index (χ2n) is 7.22. The average molecular weight is 282 g/mol. The van der Waals surface area contributed by atoms with E-state index in [0.29, 0.717) is 0 Å². The highest BCUT2D eigenvalue weighted by Crippen LogP contribution is 2.35. The lowest BCUT2D eigenvalue weighted by Gasteiger charge is -2.30. The fourth-order valence-corrected chi connectivity index (χ4v) is 4.12. The van der Waals surface area contributed by atoms with E-state index in [2.05, 4.69) is 17.1 Å². The fourth-order valence-electron chi connectivity index (χ4n) is 4.12. The van der Waals surface area contributed by atoms with Crippen molar-refractivity contribution in [1.82, 2.24) is 10.2 Å². The molecule has 1 heterocycles. The SMILES string of the molecule is CNC(C)(CO)CCCCN1CCCC1C1CCCC1. The Morgan fingerprint density at radius 2 is 1.90 bits per heavy atom. The molecule has 3 heteroatoms. The zero-order valence-electron chi connectivity index (χ0n) is 13.5. The first-order chi connectivity index (χ1) is 9.68. The van der Waals surface area contributed by atoms with Crippen molar-refractivity contribution in [2.24, 2.45) is 5.92 Å². The molecule has 0 aromatic heterocycles. The lowest BCUT2D eigenvalue weighted by atomic mass is 9.94. The molecule has 1 aliphatic heterocycles. The number of nitrogens with one attached hydrogen (secondary N) is 1.